The Kier molecular flexibility index (Phi) is 3.65. The number of nitrogens with zero attached hydrogens (tertiary/aromatic N) is 2. The van der Waals surface area contributed by atoms with Crippen molar-refractivity contribution in [1.82, 2.24) is 4.98 Å². The largest absolute Gasteiger partial charge is 0.453 e. The zero-order chi connectivity index (χ0) is 15.7. The van der Waals surface area contributed by atoms with E-state index in [1.165, 1.54) is 18.2 Å². The van der Waals surface area contributed by atoms with Crippen molar-refractivity contribution in [3.63, 3.8) is 0 Å². The van der Waals surface area contributed by atoms with Gasteiger partial charge in [-0.1, -0.05) is 29.8 Å². The van der Waals surface area contributed by atoms with E-state index in [4.69, 9.17) is 16.3 Å². The number of rotatable bonds is 3. The Morgan fingerprint density at radius 3 is 2.68 bits per heavy atom. The molecule has 5 nitrogen and oxygen atoms in total. The summed E-state index contributed by atoms with van der Waals surface area (Å²) in [5.74, 6) is 0.903. The number of non-ortho nitro benzene ring substituents is 1. The molecule has 0 amide bonds. The number of ether oxygens (including phenoxy) is 1. The number of pyridine rings is 1. The standard InChI is InChI=1S/C16H11ClN2O3/c1-10-5-6-11-3-2-4-15(16(11)18-10)22-14-8-7-12(19(20)21)9-13(14)17/h2-9H,1H3. The number of para-hydroxylation sites is 1. The fourth-order valence-electron chi connectivity index (χ4n) is 2.10. The van der Waals surface area contributed by atoms with Gasteiger partial charge in [-0.05, 0) is 25.1 Å². The van der Waals surface area contributed by atoms with Crippen LogP contribution in [0.15, 0.2) is 48.5 Å². The van der Waals surface area contributed by atoms with Gasteiger partial charge >= 0.3 is 0 Å². The van der Waals surface area contributed by atoms with Crippen molar-refractivity contribution in [3.8, 4) is 11.5 Å². The Labute approximate surface area is 131 Å². The molecule has 22 heavy (non-hydrogen) atoms. The Balaban J connectivity index is 2.03. The van der Waals surface area contributed by atoms with E-state index in [1.54, 1.807) is 6.07 Å². The molecular weight excluding hydrogens is 304 g/mol. The molecule has 0 saturated carbocycles. The highest BCUT2D eigenvalue weighted by Crippen LogP contribution is 2.34. The topological polar surface area (TPSA) is 65.3 Å². The molecule has 3 aromatic rings. The maximum atomic E-state index is 10.7. The first-order chi connectivity index (χ1) is 10.5. The van der Waals surface area contributed by atoms with E-state index in [9.17, 15) is 10.1 Å². The van der Waals surface area contributed by atoms with Crippen LogP contribution in [0.5, 0.6) is 11.5 Å². The fourth-order valence-corrected chi connectivity index (χ4v) is 2.32. The minimum atomic E-state index is -0.501. The normalized spacial score (nSPS) is 10.6. The highest BCUT2D eigenvalue weighted by atomic mass is 35.5. The fraction of sp³-hybridized carbons (Fsp3) is 0.0625. The Morgan fingerprint density at radius 2 is 1.95 bits per heavy atom. The molecule has 0 bridgehead atoms. The second-order valence-electron chi connectivity index (χ2n) is 4.75. The first-order valence-corrected chi connectivity index (χ1v) is 6.90. The number of nitro benzene ring substituents is 1. The molecule has 0 aliphatic rings. The quantitative estimate of drug-likeness (QED) is 0.509. The third-order valence-electron chi connectivity index (χ3n) is 3.17. The molecule has 110 valence electrons. The molecule has 2 aromatic carbocycles. The highest BCUT2D eigenvalue weighted by Gasteiger charge is 2.12. The van der Waals surface area contributed by atoms with Gasteiger partial charge in [-0.25, -0.2) is 4.98 Å². The maximum Gasteiger partial charge on any atom is 0.271 e. The van der Waals surface area contributed by atoms with E-state index in [2.05, 4.69) is 4.98 Å². The second-order valence-corrected chi connectivity index (χ2v) is 5.16. The summed E-state index contributed by atoms with van der Waals surface area (Å²) < 4.78 is 5.80. The summed E-state index contributed by atoms with van der Waals surface area (Å²) in [7, 11) is 0. The first kappa shape index (κ1) is 14.3. The number of aryl methyl sites for hydroxylation is 1. The SMILES string of the molecule is Cc1ccc2cccc(Oc3ccc([N+](=O)[O-])cc3Cl)c2n1. The van der Waals surface area contributed by atoms with Gasteiger partial charge in [0, 0.05) is 23.2 Å². The van der Waals surface area contributed by atoms with Gasteiger partial charge in [0.15, 0.2) is 5.75 Å². The predicted octanol–water partition coefficient (Wildman–Crippen LogP) is 4.90. The van der Waals surface area contributed by atoms with Crippen LogP contribution in [0, 0.1) is 17.0 Å². The third kappa shape index (κ3) is 2.71. The van der Waals surface area contributed by atoms with Crippen molar-refractivity contribution in [3.05, 3.63) is 69.4 Å². The first-order valence-electron chi connectivity index (χ1n) is 6.53. The van der Waals surface area contributed by atoms with Crippen LogP contribution in [0.2, 0.25) is 5.02 Å². The second kappa shape index (κ2) is 5.61. The van der Waals surface area contributed by atoms with Crippen LogP contribution in [-0.4, -0.2) is 9.91 Å². The predicted molar refractivity (Wildman–Crippen MR) is 84.7 cm³/mol. The highest BCUT2D eigenvalue weighted by molar-refractivity contribution is 6.32. The zero-order valence-corrected chi connectivity index (χ0v) is 12.4. The smallest absolute Gasteiger partial charge is 0.271 e. The lowest BCUT2D eigenvalue weighted by Gasteiger charge is -2.10. The molecule has 0 aliphatic heterocycles. The van der Waals surface area contributed by atoms with Crippen LogP contribution in [-0.2, 0) is 0 Å². The molecule has 0 atom stereocenters. The van der Waals surface area contributed by atoms with Gasteiger partial charge in [0.25, 0.3) is 5.69 Å². The monoisotopic (exact) mass is 314 g/mol. The van der Waals surface area contributed by atoms with Crippen molar-refractivity contribution >= 4 is 28.2 Å². The van der Waals surface area contributed by atoms with Crippen molar-refractivity contribution in [2.24, 2.45) is 0 Å². The molecule has 0 fully saturated rings. The molecular formula is C16H11ClN2O3. The number of hydrogen-bond donors (Lipinski definition) is 0. The van der Waals surface area contributed by atoms with Gasteiger partial charge in [0.05, 0.1) is 9.95 Å². The average molecular weight is 315 g/mol. The van der Waals surface area contributed by atoms with E-state index in [0.29, 0.717) is 11.5 Å². The molecule has 0 spiro atoms. The number of nitro groups is 1. The van der Waals surface area contributed by atoms with Gasteiger partial charge in [-0.15, -0.1) is 0 Å². The molecule has 0 unspecified atom stereocenters. The molecule has 3 rings (SSSR count). The number of hydrogen-bond acceptors (Lipinski definition) is 4. The van der Waals surface area contributed by atoms with Crippen LogP contribution in [0.4, 0.5) is 5.69 Å². The Morgan fingerprint density at radius 1 is 1.14 bits per heavy atom. The van der Waals surface area contributed by atoms with Crippen LogP contribution in [0.25, 0.3) is 10.9 Å². The average Bonchev–Trinajstić information content (AvgIpc) is 2.49. The van der Waals surface area contributed by atoms with E-state index < -0.39 is 4.92 Å². The summed E-state index contributed by atoms with van der Waals surface area (Å²) in [6.07, 6.45) is 0. The van der Waals surface area contributed by atoms with E-state index in [0.717, 1.165) is 16.6 Å². The van der Waals surface area contributed by atoms with E-state index in [1.807, 2.05) is 31.2 Å². The summed E-state index contributed by atoms with van der Waals surface area (Å²) >= 11 is 6.06. The summed E-state index contributed by atoms with van der Waals surface area (Å²) in [5, 5.41) is 11.9. The molecule has 0 saturated heterocycles. The molecule has 0 aliphatic carbocycles. The summed E-state index contributed by atoms with van der Waals surface area (Å²) in [6, 6.07) is 13.6. The van der Waals surface area contributed by atoms with Gasteiger partial charge < -0.3 is 4.74 Å². The molecule has 0 radical (unpaired) electrons. The molecule has 0 N–H and O–H groups in total. The van der Waals surface area contributed by atoms with Crippen LogP contribution >= 0.6 is 11.6 Å². The van der Waals surface area contributed by atoms with Crippen molar-refractivity contribution in [2.75, 3.05) is 0 Å². The summed E-state index contributed by atoms with van der Waals surface area (Å²) in [4.78, 5) is 14.7. The minimum absolute atomic E-state index is 0.0794. The Hall–Kier alpha value is -2.66. The van der Waals surface area contributed by atoms with Crippen LogP contribution < -0.4 is 4.74 Å². The lowest BCUT2D eigenvalue weighted by molar-refractivity contribution is -0.384. The van der Waals surface area contributed by atoms with Crippen molar-refractivity contribution < 1.29 is 9.66 Å². The van der Waals surface area contributed by atoms with Gasteiger partial charge in [-0.2, -0.15) is 0 Å². The van der Waals surface area contributed by atoms with E-state index in [-0.39, 0.29) is 10.7 Å². The zero-order valence-electron chi connectivity index (χ0n) is 11.6. The summed E-state index contributed by atoms with van der Waals surface area (Å²) in [6.45, 7) is 1.90. The molecule has 1 heterocycles. The van der Waals surface area contributed by atoms with Crippen LogP contribution in [0.1, 0.15) is 5.69 Å². The minimum Gasteiger partial charge on any atom is -0.453 e. The molecule has 1 aromatic heterocycles. The van der Waals surface area contributed by atoms with Crippen LogP contribution in [0.3, 0.4) is 0 Å². The lowest BCUT2D eigenvalue weighted by Crippen LogP contribution is -1.92. The number of halogens is 1. The van der Waals surface area contributed by atoms with Crippen molar-refractivity contribution in [2.45, 2.75) is 6.92 Å². The van der Waals surface area contributed by atoms with E-state index >= 15 is 0 Å². The lowest BCUT2D eigenvalue weighted by atomic mass is 10.2. The third-order valence-corrected chi connectivity index (χ3v) is 3.46. The van der Waals surface area contributed by atoms with Gasteiger partial charge in [0.2, 0.25) is 0 Å². The summed E-state index contributed by atoms with van der Waals surface area (Å²) in [5.41, 5.74) is 1.51. The van der Waals surface area contributed by atoms with Gasteiger partial charge in [-0.3, -0.25) is 10.1 Å². The Bertz CT molecular complexity index is 880. The molecule has 6 heteroatoms. The number of fused-ring (bicyclic) bond motifs is 1. The maximum absolute atomic E-state index is 10.7. The number of benzene rings is 2. The van der Waals surface area contributed by atoms with Gasteiger partial charge in [0.1, 0.15) is 11.3 Å². The van der Waals surface area contributed by atoms with Crippen molar-refractivity contribution in [1.29, 1.82) is 0 Å². The number of aromatic nitrogens is 1.